The number of aromatic nitrogens is 6. The van der Waals surface area contributed by atoms with E-state index in [1.807, 2.05) is 102 Å². The van der Waals surface area contributed by atoms with Crippen LogP contribution >= 0.6 is 38.6 Å². The Morgan fingerprint density at radius 2 is 0.609 bits per heavy atom. The minimum Gasteiger partial charge on any atom is -0.399 e. The molecule has 0 spiro atoms. The highest BCUT2D eigenvalue weighted by atomic mass is 79.9. The second kappa shape index (κ2) is 28.4. The van der Waals surface area contributed by atoms with E-state index in [-0.39, 0.29) is 1.43 Å². The molecule has 6 aromatic heterocycles. The topological polar surface area (TPSA) is 79.9 Å². The molecule has 0 bridgehead atoms. The molecule has 12 heteroatoms. The van der Waals surface area contributed by atoms with Gasteiger partial charge in [-0.25, -0.2) is 19.9 Å². The predicted molar refractivity (Wildman–Crippen MR) is 469 cm³/mol. The first-order chi connectivity index (χ1) is 53.9. The summed E-state index contributed by atoms with van der Waals surface area (Å²) in [5.41, 5.74) is 19.7. The summed E-state index contributed by atoms with van der Waals surface area (Å²) in [6, 6.07) is 124. The molecule has 7 heterocycles. The van der Waals surface area contributed by atoms with Gasteiger partial charge in [0, 0.05) is 124 Å². The van der Waals surface area contributed by atoms with Gasteiger partial charge in [0.2, 0.25) is 0 Å². The first-order valence-corrected chi connectivity index (χ1v) is 39.4. The Hall–Kier alpha value is -12.3. The monoisotopic (exact) mass is 1520 g/mol. The summed E-state index contributed by atoms with van der Waals surface area (Å²) in [5, 5.41) is 10.1. The van der Waals surface area contributed by atoms with Crippen molar-refractivity contribution in [2.75, 3.05) is 0 Å². The van der Waals surface area contributed by atoms with Gasteiger partial charge in [0.15, 0.2) is 11.6 Å². The average molecular weight is 1520 g/mol. The predicted octanol–water partition coefficient (Wildman–Crippen LogP) is 26.5. The van der Waals surface area contributed by atoms with E-state index in [0.29, 0.717) is 5.82 Å². The van der Waals surface area contributed by atoms with E-state index in [0.717, 1.165) is 88.9 Å². The number of hydrogen-bond acceptors (Lipinski definition) is 8. The Morgan fingerprint density at radius 1 is 0.300 bits per heavy atom. The number of halogens is 1. The second-order valence-electron chi connectivity index (χ2n) is 28.8. The fraction of sp³-hybridized carbons (Fsp3) is 0.0612. The van der Waals surface area contributed by atoms with Crippen LogP contribution in [0.4, 0.5) is 0 Å². The minimum absolute atomic E-state index is 0. The van der Waals surface area contributed by atoms with Gasteiger partial charge in [-0.2, -0.15) is 0 Å². The zero-order chi connectivity index (χ0) is 74.0. The Kier molecular flexibility index (Phi) is 17.6. The van der Waals surface area contributed by atoms with Crippen LogP contribution in [0.5, 0.6) is 0 Å². The van der Waals surface area contributed by atoms with Crippen LogP contribution in [0.3, 0.4) is 0 Å². The maximum Gasteiger partial charge on any atom is 0.496 e. The van der Waals surface area contributed by atoms with Crippen molar-refractivity contribution in [3.05, 3.63) is 356 Å². The van der Waals surface area contributed by atoms with Gasteiger partial charge < -0.3 is 18.4 Å². The molecular formula is C98H72BBrN6O2S2. The molecule has 1 saturated heterocycles. The molecule has 0 atom stereocenters. The normalized spacial score (nSPS) is 13.2. The lowest BCUT2D eigenvalue weighted by Gasteiger charge is -2.32. The number of nitrogens with zero attached hydrogens (tertiary/aromatic N) is 6. The number of thiophene rings is 2. The zero-order valence-corrected chi connectivity index (χ0v) is 64.0. The summed E-state index contributed by atoms with van der Waals surface area (Å²) in [6.07, 6.45) is 0. The van der Waals surface area contributed by atoms with Gasteiger partial charge in [0.05, 0.1) is 56.0 Å². The summed E-state index contributed by atoms with van der Waals surface area (Å²) in [6.45, 7) is 8.47. The lowest BCUT2D eigenvalue weighted by atomic mass is 9.78. The quantitative estimate of drug-likeness (QED) is 0.127. The van der Waals surface area contributed by atoms with Crippen LogP contribution in [0.2, 0.25) is 0 Å². The minimum atomic E-state index is -0.427. The molecule has 528 valence electrons. The lowest BCUT2D eigenvalue weighted by molar-refractivity contribution is 0.00578. The highest BCUT2D eigenvalue weighted by Gasteiger charge is 2.52. The SMILES string of the molecule is Brc1ccc(-c2nc(-c3ccccc3)cc(-c3ccccc3)n2)cc1.CC1(C)OB(c2cc(-n3c4ccccc4c4ccccc43)cc3c2sc2ccccc23)OC1(C)C.[2HH].c1ccc(-c2cc(-c3ccccc3)nc(-c3ccc(-c4cc(-n5c6ccccc6c6ccccc65)cc5c4sc4ccccc45)cc3)n2)cc1. The van der Waals surface area contributed by atoms with Crippen molar-refractivity contribution in [1.82, 2.24) is 29.1 Å². The standard InChI is InChI=1S/C46H29N3S.C30H26BNO2S.C22H15BrN2.H2/c1-3-13-31(14-4-1)40-29-41(32-15-5-2-6-16-32)48-46(47-40)33-25-23-30(24-26-33)38-27-34(28-39-37-19-9-12-22-44(37)50-45(38)39)49-42-20-10-7-17-35(42)36-18-8-11-21-43(36)49;1-29(2)30(3,4)34-31(33-29)24-18-19(17-23-22-13-7-10-16-27(22)35-28(23)24)32-25-14-8-5-11-20(25)21-12-6-9-15-26(21)32;23-19-13-11-18(12-14-19)22-24-20(16-7-3-1-4-8-16)15-21(25-22)17-9-5-2-6-10-17;/h1-29H;5-18H,1-4H3;1-15H;1H/i;;;1+1. The van der Waals surface area contributed by atoms with Gasteiger partial charge in [-0.3, -0.25) is 0 Å². The van der Waals surface area contributed by atoms with Crippen molar-refractivity contribution < 1.29 is 10.7 Å². The Labute approximate surface area is 655 Å². The molecule has 21 rings (SSSR count). The van der Waals surface area contributed by atoms with Crippen LogP contribution in [-0.4, -0.2) is 47.4 Å². The number of para-hydroxylation sites is 4. The van der Waals surface area contributed by atoms with Crippen LogP contribution < -0.4 is 5.46 Å². The third-order valence-corrected chi connectivity index (χ3v) is 24.4. The molecule has 110 heavy (non-hydrogen) atoms. The Bertz CT molecular complexity index is 6630. The van der Waals surface area contributed by atoms with E-state index >= 15 is 0 Å². The molecule has 0 unspecified atom stereocenters. The van der Waals surface area contributed by atoms with Gasteiger partial charge in [-0.1, -0.05) is 283 Å². The van der Waals surface area contributed by atoms with Gasteiger partial charge in [-0.15, -0.1) is 22.7 Å². The van der Waals surface area contributed by atoms with Crippen LogP contribution in [0.1, 0.15) is 29.1 Å². The molecule has 1 aliphatic rings. The maximum atomic E-state index is 6.58. The summed E-state index contributed by atoms with van der Waals surface area (Å²) < 4.78 is 24.1. The molecule has 0 amide bonds. The van der Waals surface area contributed by atoms with E-state index < -0.39 is 18.3 Å². The summed E-state index contributed by atoms with van der Waals surface area (Å²) in [4.78, 5) is 19.8. The Balaban J connectivity index is 0.000000123. The van der Waals surface area contributed by atoms with Crippen molar-refractivity contribution in [2.45, 2.75) is 38.9 Å². The van der Waals surface area contributed by atoms with Crippen molar-refractivity contribution in [3.63, 3.8) is 0 Å². The van der Waals surface area contributed by atoms with Crippen molar-refractivity contribution in [3.8, 4) is 90.3 Å². The number of fused-ring (bicyclic) bond motifs is 12. The molecule has 1 aliphatic heterocycles. The number of hydrogen-bond donors (Lipinski definition) is 0. The molecule has 0 radical (unpaired) electrons. The summed E-state index contributed by atoms with van der Waals surface area (Å²) in [7, 11) is -0.427. The van der Waals surface area contributed by atoms with Crippen LogP contribution in [0, 0.1) is 0 Å². The van der Waals surface area contributed by atoms with Crippen LogP contribution in [0.15, 0.2) is 356 Å². The smallest absolute Gasteiger partial charge is 0.399 e. The molecular weight excluding hydrogens is 1450 g/mol. The molecule has 14 aromatic carbocycles. The van der Waals surface area contributed by atoms with Gasteiger partial charge in [0.25, 0.3) is 0 Å². The molecule has 0 saturated carbocycles. The number of benzene rings is 14. The highest BCUT2D eigenvalue weighted by molar-refractivity contribution is 9.10. The molecule has 0 N–H and O–H groups in total. The first kappa shape index (κ1) is 68.3. The average Bonchev–Trinajstić information content (AvgIpc) is 1.58. The number of rotatable bonds is 10. The van der Waals surface area contributed by atoms with Crippen molar-refractivity contribution in [2.24, 2.45) is 0 Å². The highest BCUT2D eigenvalue weighted by Crippen LogP contribution is 2.46. The summed E-state index contributed by atoms with van der Waals surface area (Å²) in [5.74, 6) is 1.44. The van der Waals surface area contributed by atoms with Gasteiger partial charge >= 0.3 is 7.12 Å². The molecule has 20 aromatic rings. The molecule has 0 aliphatic carbocycles. The van der Waals surface area contributed by atoms with Gasteiger partial charge in [0.1, 0.15) is 0 Å². The van der Waals surface area contributed by atoms with E-state index in [4.69, 9.17) is 29.2 Å². The van der Waals surface area contributed by atoms with E-state index in [2.05, 4.69) is 326 Å². The van der Waals surface area contributed by atoms with E-state index in [1.54, 1.807) is 0 Å². The van der Waals surface area contributed by atoms with E-state index in [1.165, 1.54) is 89.5 Å². The van der Waals surface area contributed by atoms with Crippen molar-refractivity contribution in [1.29, 1.82) is 0 Å². The van der Waals surface area contributed by atoms with Crippen LogP contribution in [0.25, 0.3) is 174 Å². The van der Waals surface area contributed by atoms with Crippen LogP contribution in [-0.2, 0) is 9.31 Å². The maximum absolute atomic E-state index is 6.58. The largest absolute Gasteiger partial charge is 0.496 e. The van der Waals surface area contributed by atoms with Crippen molar-refractivity contribution >= 4 is 135 Å². The second-order valence-corrected chi connectivity index (χ2v) is 31.8. The Morgan fingerprint density at radius 3 is 1.00 bits per heavy atom. The fourth-order valence-corrected chi connectivity index (χ4v) is 17.9. The first-order valence-electron chi connectivity index (χ1n) is 37.0. The zero-order valence-electron chi connectivity index (χ0n) is 60.8. The lowest BCUT2D eigenvalue weighted by Crippen LogP contribution is -2.41. The van der Waals surface area contributed by atoms with Gasteiger partial charge in [-0.05, 0) is 118 Å². The fourth-order valence-electron chi connectivity index (χ4n) is 15.2. The summed E-state index contributed by atoms with van der Waals surface area (Å²) >= 11 is 7.16. The molecule has 8 nitrogen and oxygen atoms in total. The van der Waals surface area contributed by atoms with E-state index in [9.17, 15) is 0 Å². The molecule has 1 fully saturated rings. The third kappa shape index (κ3) is 12.6. The third-order valence-electron chi connectivity index (χ3n) is 21.4.